The molecule has 0 saturated heterocycles. The first kappa shape index (κ1) is 18.0. The van der Waals surface area contributed by atoms with Gasteiger partial charge in [0.05, 0.1) is 16.5 Å². The highest BCUT2D eigenvalue weighted by Crippen LogP contribution is 2.30. The Bertz CT molecular complexity index is 1110. The summed E-state index contributed by atoms with van der Waals surface area (Å²) in [6, 6.07) is 12.2. The third-order valence-corrected chi connectivity index (χ3v) is 5.20. The number of fused-ring (bicyclic) bond motifs is 2. The molecule has 3 aromatic rings. The van der Waals surface area contributed by atoms with Crippen LogP contribution in [0.5, 0.6) is 0 Å². The van der Waals surface area contributed by atoms with Crippen LogP contribution in [0.2, 0.25) is 0 Å². The molecule has 1 unspecified atom stereocenters. The average Bonchev–Trinajstić information content (AvgIpc) is 3.00. The molecule has 2 aromatic carbocycles. The van der Waals surface area contributed by atoms with Gasteiger partial charge < -0.3 is 9.73 Å². The largest absolute Gasteiger partial charge is 0.420 e. The van der Waals surface area contributed by atoms with E-state index in [0.717, 1.165) is 19.3 Å². The van der Waals surface area contributed by atoms with Crippen LogP contribution in [-0.4, -0.2) is 21.9 Å². The quantitative estimate of drug-likeness (QED) is 0.540. The maximum Gasteiger partial charge on any atom is 0.420 e. The van der Waals surface area contributed by atoms with Crippen LogP contribution in [-0.2, 0) is 17.8 Å². The lowest BCUT2D eigenvalue weighted by Gasteiger charge is -2.25. The van der Waals surface area contributed by atoms with Gasteiger partial charge in [0.25, 0.3) is 5.69 Å². The molecule has 1 N–H and O–H groups in total. The predicted molar refractivity (Wildman–Crippen MR) is 102 cm³/mol. The van der Waals surface area contributed by atoms with Gasteiger partial charge in [-0.1, -0.05) is 24.3 Å². The smallest absolute Gasteiger partial charge is 0.407 e. The normalized spacial score (nSPS) is 15.9. The molecule has 4 rings (SSSR count). The highest BCUT2D eigenvalue weighted by Gasteiger charge is 2.21. The number of amides is 1. The second-order valence-corrected chi connectivity index (χ2v) is 6.96. The van der Waals surface area contributed by atoms with Gasteiger partial charge in [-0.3, -0.25) is 19.5 Å². The maximum atomic E-state index is 12.4. The van der Waals surface area contributed by atoms with E-state index >= 15 is 0 Å². The van der Waals surface area contributed by atoms with Crippen molar-refractivity contribution in [3.63, 3.8) is 0 Å². The fraction of sp³-hybridized carbons (Fsp3) is 0.300. The van der Waals surface area contributed by atoms with E-state index in [0.29, 0.717) is 12.1 Å². The Morgan fingerprint density at radius 2 is 2.11 bits per heavy atom. The summed E-state index contributed by atoms with van der Waals surface area (Å²) in [5.74, 6) is -0.755. The van der Waals surface area contributed by atoms with Crippen molar-refractivity contribution in [1.29, 1.82) is 0 Å². The number of aromatic nitrogens is 1. The van der Waals surface area contributed by atoms with Gasteiger partial charge in [-0.2, -0.15) is 0 Å². The zero-order chi connectivity index (χ0) is 19.7. The number of hydrogen-bond acceptors (Lipinski definition) is 5. The lowest BCUT2D eigenvalue weighted by molar-refractivity contribution is -0.384. The van der Waals surface area contributed by atoms with Crippen molar-refractivity contribution in [3.05, 3.63) is 74.3 Å². The Morgan fingerprint density at radius 3 is 2.93 bits per heavy atom. The van der Waals surface area contributed by atoms with Gasteiger partial charge in [0, 0.05) is 18.5 Å². The minimum absolute atomic E-state index is 0.0909. The van der Waals surface area contributed by atoms with Gasteiger partial charge >= 0.3 is 5.76 Å². The van der Waals surface area contributed by atoms with Crippen molar-refractivity contribution >= 4 is 22.7 Å². The lowest BCUT2D eigenvalue weighted by atomic mass is 9.83. The number of non-ortho nitro benzene ring substituents is 1. The molecule has 1 amide bonds. The Hall–Kier alpha value is -3.42. The summed E-state index contributed by atoms with van der Waals surface area (Å²) in [4.78, 5) is 34.8. The fourth-order valence-corrected chi connectivity index (χ4v) is 3.82. The Morgan fingerprint density at radius 1 is 1.29 bits per heavy atom. The summed E-state index contributed by atoms with van der Waals surface area (Å²) in [6.45, 7) is 0.309. The van der Waals surface area contributed by atoms with Crippen LogP contribution in [0.1, 0.15) is 29.9 Å². The number of nitrogens with one attached hydrogen (secondary N) is 1. The van der Waals surface area contributed by atoms with Crippen LogP contribution < -0.4 is 11.1 Å². The summed E-state index contributed by atoms with van der Waals surface area (Å²) >= 11 is 0. The molecule has 0 aliphatic heterocycles. The minimum Gasteiger partial charge on any atom is -0.407 e. The molecule has 1 atom stereocenters. The predicted octanol–water partition coefficient (Wildman–Crippen LogP) is 2.74. The van der Waals surface area contributed by atoms with E-state index in [9.17, 15) is 19.7 Å². The highest BCUT2D eigenvalue weighted by molar-refractivity contribution is 5.80. The first-order chi connectivity index (χ1) is 13.5. The topological polar surface area (TPSA) is 107 Å². The Balaban J connectivity index is 1.47. The van der Waals surface area contributed by atoms with Crippen LogP contribution in [0, 0.1) is 10.1 Å². The number of hydrogen-bond donors (Lipinski definition) is 1. The summed E-state index contributed by atoms with van der Waals surface area (Å²) < 4.78 is 6.24. The van der Waals surface area contributed by atoms with Crippen molar-refractivity contribution in [2.45, 2.75) is 31.7 Å². The van der Waals surface area contributed by atoms with Crippen LogP contribution >= 0.6 is 0 Å². The highest BCUT2D eigenvalue weighted by atomic mass is 16.6. The Kier molecular flexibility index (Phi) is 4.68. The molecule has 144 valence electrons. The van der Waals surface area contributed by atoms with Gasteiger partial charge in [-0.15, -0.1) is 0 Å². The zero-order valence-electron chi connectivity index (χ0n) is 15.1. The van der Waals surface area contributed by atoms with Crippen molar-refractivity contribution < 1.29 is 14.1 Å². The third-order valence-electron chi connectivity index (χ3n) is 5.20. The number of oxazole rings is 1. The van der Waals surface area contributed by atoms with E-state index in [4.69, 9.17) is 4.42 Å². The molecule has 0 bridgehead atoms. The van der Waals surface area contributed by atoms with E-state index in [1.807, 2.05) is 12.1 Å². The van der Waals surface area contributed by atoms with Crippen LogP contribution in [0.15, 0.2) is 51.7 Å². The second kappa shape index (κ2) is 7.30. The monoisotopic (exact) mass is 381 g/mol. The Labute approximate surface area is 159 Å². The van der Waals surface area contributed by atoms with Crippen molar-refractivity contribution in [3.8, 4) is 0 Å². The van der Waals surface area contributed by atoms with Crippen LogP contribution in [0.3, 0.4) is 0 Å². The van der Waals surface area contributed by atoms with Gasteiger partial charge in [0.15, 0.2) is 5.58 Å². The van der Waals surface area contributed by atoms with E-state index in [-0.39, 0.29) is 29.6 Å². The van der Waals surface area contributed by atoms with Crippen molar-refractivity contribution in [2.75, 3.05) is 6.54 Å². The molecule has 8 nitrogen and oxygen atoms in total. The van der Waals surface area contributed by atoms with Gasteiger partial charge in [-0.25, -0.2) is 4.79 Å². The summed E-state index contributed by atoms with van der Waals surface area (Å²) in [5, 5.41) is 13.8. The number of nitrogens with zero attached hydrogens (tertiary/aromatic N) is 2. The number of carbonyl (C=O) groups excluding carboxylic acids is 1. The third kappa shape index (κ3) is 3.40. The van der Waals surface area contributed by atoms with Crippen LogP contribution in [0.4, 0.5) is 5.69 Å². The SMILES string of the molecule is O=C(Cn1c(=O)oc2cc([N+](=O)[O-])ccc21)NCC1CCCc2ccccc21. The zero-order valence-corrected chi connectivity index (χ0v) is 15.1. The van der Waals surface area contributed by atoms with E-state index in [1.54, 1.807) is 0 Å². The molecule has 0 spiro atoms. The number of nitro benzene ring substituents is 1. The molecule has 0 fully saturated rings. The minimum atomic E-state index is -0.714. The summed E-state index contributed by atoms with van der Waals surface area (Å²) in [5.41, 5.74) is 2.87. The first-order valence-corrected chi connectivity index (χ1v) is 9.15. The van der Waals surface area contributed by atoms with Gasteiger partial charge in [0.1, 0.15) is 6.54 Å². The number of carbonyl (C=O) groups is 1. The van der Waals surface area contributed by atoms with Crippen LogP contribution in [0.25, 0.3) is 11.1 Å². The van der Waals surface area contributed by atoms with E-state index in [1.165, 1.54) is 33.9 Å². The van der Waals surface area contributed by atoms with Gasteiger partial charge in [0.2, 0.25) is 5.91 Å². The molecule has 0 radical (unpaired) electrons. The van der Waals surface area contributed by atoms with Gasteiger partial charge in [-0.05, 0) is 36.5 Å². The first-order valence-electron chi connectivity index (χ1n) is 9.15. The van der Waals surface area contributed by atoms with E-state index < -0.39 is 10.7 Å². The maximum absolute atomic E-state index is 12.4. The molecule has 1 heterocycles. The summed E-state index contributed by atoms with van der Waals surface area (Å²) in [7, 11) is 0. The number of rotatable bonds is 5. The molecule has 1 aromatic heterocycles. The molecular weight excluding hydrogens is 362 g/mol. The molecule has 1 aliphatic carbocycles. The molecule has 0 saturated carbocycles. The van der Waals surface area contributed by atoms with Crippen molar-refractivity contribution in [1.82, 2.24) is 9.88 Å². The standard InChI is InChI=1S/C20H19N3O5/c24-19(21-11-14-6-3-5-13-4-1-2-7-16(13)14)12-22-17-9-8-15(23(26)27)10-18(17)28-20(22)25/h1-2,4,7-10,14H,3,5-6,11-12H2,(H,21,24). The fourth-order valence-electron chi connectivity index (χ4n) is 3.82. The number of benzene rings is 2. The second-order valence-electron chi connectivity index (χ2n) is 6.96. The summed E-state index contributed by atoms with van der Waals surface area (Å²) in [6.07, 6.45) is 3.15. The number of nitro groups is 1. The van der Waals surface area contributed by atoms with E-state index in [2.05, 4.69) is 17.4 Å². The molecular formula is C20H19N3O5. The lowest BCUT2D eigenvalue weighted by Crippen LogP contribution is -2.34. The average molecular weight is 381 g/mol. The molecule has 28 heavy (non-hydrogen) atoms. The molecule has 8 heteroatoms. The molecule has 1 aliphatic rings. The number of aryl methyl sites for hydroxylation is 1. The van der Waals surface area contributed by atoms with Crippen molar-refractivity contribution in [2.24, 2.45) is 0 Å².